The number of amides is 2. The molecule has 4 aliphatic rings. The maximum atomic E-state index is 13.0. The number of nitrogen functional groups attached to an aromatic ring is 1. The summed E-state index contributed by atoms with van der Waals surface area (Å²) in [5, 5.41) is 17.6. The molecule has 37 heavy (non-hydrogen) atoms. The fourth-order valence-corrected chi connectivity index (χ4v) is 7.09. The zero-order valence-electron chi connectivity index (χ0n) is 19.7. The molecule has 5 rings (SSSR count). The summed E-state index contributed by atoms with van der Waals surface area (Å²) < 4.78 is 0. The van der Waals surface area contributed by atoms with Crippen LogP contribution in [0.25, 0.3) is 0 Å². The van der Waals surface area contributed by atoms with Gasteiger partial charge >= 0.3 is 5.97 Å². The number of aliphatic carboxylic acids is 1. The molecule has 4 N–H and O–H groups in total. The van der Waals surface area contributed by atoms with Gasteiger partial charge in [0.25, 0.3) is 11.8 Å². The Morgan fingerprint density at radius 2 is 2.27 bits per heavy atom. The van der Waals surface area contributed by atoms with Gasteiger partial charge in [-0.3, -0.25) is 14.5 Å². The Hall–Kier alpha value is -3.37. The number of nitrogens with two attached hydrogens (primary N) is 1. The monoisotopic (exact) mass is 562 g/mol. The van der Waals surface area contributed by atoms with Crippen molar-refractivity contribution < 1.29 is 24.3 Å². The molecule has 1 fully saturated rings. The molecule has 0 saturated carbocycles. The van der Waals surface area contributed by atoms with Crippen LogP contribution in [0.15, 0.2) is 44.1 Å². The van der Waals surface area contributed by atoms with Crippen LogP contribution in [0.5, 0.6) is 0 Å². The molecule has 0 bridgehead atoms. The summed E-state index contributed by atoms with van der Waals surface area (Å²) in [5.41, 5.74) is 6.30. The van der Waals surface area contributed by atoms with Gasteiger partial charge in [0, 0.05) is 29.3 Å². The number of nitrogens with zero attached hydrogens (tertiary/aromatic N) is 6. The van der Waals surface area contributed by atoms with Gasteiger partial charge in [-0.2, -0.15) is 0 Å². The average Bonchev–Trinajstić information content (AvgIpc) is 3.51. The number of thioether (sulfide) groups is 2. The lowest BCUT2D eigenvalue weighted by Gasteiger charge is -2.49. The minimum atomic E-state index is -1.19. The second-order valence-corrected chi connectivity index (χ2v) is 11.7. The maximum Gasteiger partial charge on any atom is 0.352 e. The molecular weight excluding hydrogens is 540 g/mol. The number of carbonyl (C=O) groups excluding carboxylic acids is 2. The van der Waals surface area contributed by atoms with Crippen molar-refractivity contribution in [2.45, 2.75) is 23.2 Å². The number of thiazole rings is 1. The minimum absolute atomic E-state index is 0.0543. The molecule has 194 valence electrons. The van der Waals surface area contributed by atoms with Gasteiger partial charge in [-0.05, 0) is 18.6 Å². The van der Waals surface area contributed by atoms with E-state index in [2.05, 4.69) is 25.4 Å². The molecule has 13 nitrogen and oxygen atoms in total. The predicted molar refractivity (Wildman–Crippen MR) is 142 cm³/mol. The van der Waals surface area contributed by atoms with Crippen molar-refractivity contribution in [3.63, 3.8) is 0 Å². The SMILES string of the molecule is CO/N=C(\C(=O)N[C@@H]1C(=O)N2C(C(=O)O)=C(CSC3(C)C=CN4CC=NC4=N3)CS[C@H]12)c1csc(N)n1. The van der Waals surface area contributed by atoms with E-state index >= 15 is 0 Å². The van der Waals surface area contributed by atoms with Crippen LogP contribution in [0.4, 0.5) is 5.13 Å². The van der Waals surface area contributed by atoms with Gasteiger partial charge in [0.15, 0.2) is 10.8 Å². The highest BCUT2D eigenvalue weighted by atomic mass is 32.2. The largest absolute Gasteiger partial charge is 0.477 e. The second kappa shape index (κ2) is 9.83. The lowest BCUT2D eigenvalue weighted by atomic mass is 10.0. The molecule has 1 aromatic heterocycles. The number of β-lactam (4-membered cyclic amide) rings is 1. The van der Waals surface area contributed by atoms with Crippen LogP contribution in [-0.2, 0) is 19.2 Å². The summed E-state index contributed by atoms with van der Waals surface area (Å²) in [6.45, 7) is 2.61. The van der Waals surface area contributed by atoms with Gasteiger partial charge < -0.3 is 25.9 Å². The number of carboxylic acids is 1. The minimum Gasteiger partial charge on any atom is -0.477 e. The summed E-state index contributed by atoms with van der Waals surface area (Å²) in [5.74, 6) is -1.01. The molecule has 1 unspecified atom stereocenters. The molecule has 1 aromatic rings. The van der Waals surface area contributed by atoms with Crippen LogP contribution in [-0.4, -0.2) is 97.0 Å². The summed E-state index contributed by atoms with van der Waals surface area (Å²) in [7, 11) is 1.28. The molecule has 0 aromatic carbocycles. The second-order valence-electron chi connectivity index (χ2n) is 8.35. The third-order valence-electron chi connectivity index (χ3n) is 5.86. The van der Waals surface area contributed by atoms with Crippen molar-refractivity contribution in [1.82, 2.24) is 20.1 Å². The van der Waals surface area contributed by atoms with E-state index in [4.69, 9.17) is 10.6 Å². The van der Waals surface area contributed by atoms with E-state index in [1.54, 1.807) is 11.6 Å². The van der Waals surface area contributed by atoms with E-state index in [0.717, 1.165) is 11.3 Å². The first-order valence-corrected chi connectivity index (χ1v) is 13.9. The number of fused-ring (bicyclic) bond motifs is 2. The molecule has 0 aliphatic carbocycles. The summed E-state index contributed by atoms with van der Waals surface area (Å²) in [4.78, 5) is 58.4. The van der Waals surface area contributed by atoms with E-state index in [9.17, 15) is 19.5 Å². The first kappa shape index (κ1) is 25.3. The standard InChI is InChI=1S/C21H22N8O5S3/c1-21(3-5-28-6-4-23-20(28)26-21)37-8-10-7-35-17-13(16(31)29(17)14(10)18(32)33)25-15(30)12(27-34-2)11-9-36-19(22)24-11/h3-5,9,13,17H,6-8H2,1-2H3,(H2,22,24)(H,25,30)(H,32,33)/b27-12-/t13-,17-,21?/m1/s1. The molecule has 1 saturated heterocycles. The van der Waals surface area contributed by atoms with E-state index in [0.29, 0.717) is 29.6 Å². The van der Waals surface area contributed by atoms with Gasteiger partial charge in [-0.1, -0.05) is 5.16 Å². The fourth-order valence-electron chi connectivity index (χ4n) is 4.06. The molecule has 5 heterocycles. The number of hydrogen-bond acceptors (Lipinski definition) is 13. The highest BCUT2D eigenvalue weighted by Gasteiger charge is 2.54. The predicted octanol–water partition coefficient (Wildman–Crippen LogP) is 0.534. The van der Waals surface area contributed by atoms with Gasteiger partial charge in [0.1, 0.15) is 34.8 Å². The van der Waals surface area contributed by atoms with Gasteiger partial charge in [-0.15, -0.1) is 34.9 Å². The number of rotatable bonds is 8. The van der Waals surface area contributed by atoms with Crippen molar-refractivity contribution in [1.29, 1.82) is 0 Å². The number of nitrogens with one attached hydrogen (secondary N) is 1. The number of oxime groups is 1. The van der Waals surface area contributed by atoms with Crippen LogP contribution in [0.3, 0.4) is 0 Å². The zero-order chi connectivity index (χ0) is 26.3. The van der Waals surface area contributed by atoms with Crippen LogP contribution in [0, 0.1) is 0 Å². The Bertz CT molecular complexity index is 1320. The van der Waals surface area contributed by atoms with Crippen molar-refractivity contribution in [3.8, 4) is 0 Å². The Morgan fingerprint density at radius 3 is 2.97 bits per heavy atom. The average molecular weight is 563 g/mol. The van der Waals surface area contributed by atoms with E-state index in [1.165, 1.54) is 35.5 Å². The number of carboxylic acid groups (broad SMARTS) is 1. The van der Waals surface area contributed by atoms with Crippen LogP contribution < -0.4 is 11.1 Å². The smallest absolute Gasteiger partial charge is 0.352 e. The number of aliphatic imine (C=N–C) groups is 2. The lowest BCUT2D eigenvalue weighted by molar-refractivity contribution is -0.150. The van der Waals surface area contributed by atoms with E-state index < -0.39 is 34.1 Å². The summed E-state index contributed by atoms with van der Waals surface area (Å²) in [6, 6.07) is -0.921. The summed E-state index contributed by atoms with van der Waals surface area (Å²) >= 11 is 3.98. The summed E-state index contributed by atoms with van der Waals surface area (Å²) in [6.07, 6.45) is 5.66. The highest BCUT2D eigenvalue weighted by molar-refractivity contribution is 8.01. The zero-order valence-corrected chi connectivity index (χ0v) is 22.1. The molecule has 0 spiro atoms. The van der Waals surface area contributed by atoms with Crippen molar-refractivity contribution >= 4 is 75.7 Å². The Labute approximate surface area is 223 Å². The molecular formula is C21H22N8O5S3. The Kier molecular flexibility index (Phi) is 6.72. The van der Waals surface area contributed by atoms with Crippen molar-refractivity contribution in [3.05, 3.63) is 34.6 Å². The molecule has 0 radical (unpaired) electrons. The first-order valence-electron chi connectivity index (χ1n) is 11.0. The molecule has 16 heteroatoms. The molecule has 3 atom stereocenters. The molecule has 4 aliphatic heterocycles. The van der Waals surface area contributed by atoms with Gasteiger partial charge in [0.05, 0.1) is 6.54 Å². The normalized spacial score (nSPS) is 26.5. The number of aromatic nitrogens is 1. The Balaban J connectivity index is 1.30. The van der Waals surface area contributed by atoms with Crippen molar-refractivity contribution in [2.24, 2.45) is 15.1 Å². The third kappa shape index (κ3) is 4.71. The number of carbonyl (C=O) groups is 3. The fraction of sp³-hybridized carbons (Fsp3) is 0.381. The third-order valence-corrected chi connectivity index (χ3v) is 9.18. The first-order chi connectivity index (χ1) is 17.7. The topological polar surface area (TPSA) is 175 Å². The van der Waals surface area contributed by atoms with E-state index in [-0.39, 0.29) is 22.2 Å². The molecule has 2 amide bonds. The quantitative estimate of drug-likeness (QED) is 0.230. The van der Waals surface area contributed by atoms with Crippen LogP contribution in [0.2, 0.25) is 0 Å². The Morgan fingerprint density at radius 1 is 1.46 bits per heavy atom. The number of guanidine groups is 1. The lowest BCUT2D eigenvalue weighted by Crippen LogP contribution is -2.71. The van der Waals surface area contributed by atoms with Gasteiger partial charge in [0.2, 0.25) is 5.96 Å². The van der Waals surface area contributed by atoms with Crippen molar-refractivity contribution in [2.75, 3.05) is 30.9 Å². The van der Waals surface area contributed by atoms with Gasteiger partial charge in [-0.25, -0.2) is 19.8 Å². The maximum absolute atomic E-state index is 13.0. The number of anilines is 1. The van der Waals surface area contributed by atoms with Crippen LogP contribution in [0.1, 0.15) is 12.6 Å². The van der Waals surface area contributed by atoms with Crippen LogP contribution >= 0.6 is 34.9 Å². The van der Waals surface area contributed by atoms with E-state index in [1.807, 2.05) is 24.1 Å². The number of hydrogen-bond donors (Lipinski definition) is 3. The highest BCUT2D eigenvalue weighted by Crippen LogP contribution is 2.43.